The van der Waals surface area contributed by atoms with Gasteiger partial charge in [-0.2, -0.15) is 0 Å². The molecule has 0 unspecified atom stereocenters. The van der Waals surface area contributed by atoms with Crippen molar-refractivity contribution in [1.82, 2.24) is 0 Å². The van der Waals surface area contributed by atoms with E-state index in [1.807, 2.05) is 37.3 Å². The maximum atomic E-state index is 11.9. The third-order valence-corrected chi connectivity index (χ3v) is 3.56. The second-order valence-corrected chi connectivity index (χ2v) is 5.42. The van der Waals surface area contributed by atoms with E-state index in [0.717, 1.165) is 5.56 Å². The monoisotopic (exact) mass is 306 g/mol. The Morgan fingerprint density at radius 1 is 1.32 bits per heavy atom. The average Bonchev–Trinajstić information content (AvgIpc) is 2.54. The second kappa shape index (κ2) is 9.38. The quantitative estimate of drug-likeness (QED) is 0.562. The van der Waals surface area contributed by atoms with Gasteiger partial charge in [-0.3, -0.25) is 4.79 Å². The summed E-state index contributed by atoms with van der Waals surface area (Å²) < 4.78 is 10.5. The van der Waals surface area contributed by atoms with Crippen molar-refractivity contribution in [3.8, 4) is 0 Å². The van der Waals surface area contributed by atoms with Crippen LogP contribution in [0.3, 0.4) is 0 Å². The van der Waals surface area contributed by atoms with Crippen LogP contribution in [0.4, 0.5) is 0 Å². The van der Waals surface area contributed by atoms with E-state index in [1.54, 1.807) is 26.0 Å². The Labute approximate surface area is 132 Å². The molecule has 1 aromatic carbocycles. The molecular formula is C18H26O4. The summed E-state index contributed by atoms with van der Waals surface area (Å²) in [6.07, 6.45) is 3.18. The standard InChI is InChI=1S/C18H26O4/c1-4-18(3,17(20)22-5-2)12-11-16(19)14-21-13-15-9-7-6-8-10-15/h6-12,16,19H,4-5,13-14H2,1-3H3/t16-,18+/m0/s1. The van der Waals surface area contributed by atoms with Crippen LogP contribution in [-0.2, 0) is 20.9 Å². The summed E-state index contributed by atoms with van der Waals surface area (Å²) in [5, 5.41) is 9.93. The lowest BCUT2D eigenvalue weighted by Crippen LogP contribution is -2.28. The minimum Gasteiger partial charge on any atom is -0.465 e. The fraction of sp³-hybridized carbons (Fsp3) is 0.500. The molecule has 0 aromatic heterocycles. The molecule has 122 valence electrons. The Bertz CT molecular complexity index is 469. The van der Waals surface area contributed by atoms with Crippen LogP contribution in [0.15, 0.2) is 42.5 Å². The zero-order valence-corrected chi connectivity index (χ0v) is 13.6. The number of ether oxygens (including phenoxy) is 2. The molecule has 0 radical (unpaired) electrons. The van der Waals surface area contributed by atoms with Crippen LogP contribution in [0.5, 0.6) is 0 Å². The molecule has 2 atom stereocenters. The molecule has 0 saturated carbocycles. The number of aliphatic hydroxyl groups is 1. The van der Waals surface area contributed by atoms with Crippen molar-refractivity contribution >= 4 is 5.97 Å². The third kappa shape index (κ3) is 6.00. The van der Waals surface area contributed by atoms with E-state index in [2.05, 4.69) is 0 Å². The second-order valence-electron chi connectivity index (χ2n) is 5.42. The predicted molar refractivity (Wildman–Crippen MR) is 86.3 cm³/mol. The molecule has 1 rings (SSSR count). The van der Waals surface area contributed by atoms with Gasteiger partial charge in [0.25, 0.3) is 0 Å². The number of hydrogen-bond donors (Lipinski definition) is 1. The van der Waals surface area contributed by atoms with Crippen molar-refractivity contribution in [1.29, 1.82) is 0 Å². The topological polar surface area (TPSA) is 55.8 Å². The zero-order valence-electron chi connectivity index (χ0n) is 13.6. The van der Waals surface area contributed by atoms with Gasteiger partial charge >= 0.3 is 5.97 Å². The molecule has 1 N–H and O–H groups in total. The van der Waals surface area contributed by atoms with Gasteiger partial charge in [-0.1, -0.05) is 49.4 Å². The number of aliphatic hydroxyl groups excluding tert-OH is 1. The summed E-state index contributed by atoms with van der Waals surface area (Å²) in [7, 11) is 0. The van der Waals surface area contributed by atoms with Gasteiger partial charge < -0.3 is 14.6 Å². The van der Waals surface area contributed by atoms with Crippen LogP contribution >= 0.6 is 0 Å². The van der Waals surface area contributed by atoms with E-state index < -0.39 is 11.5 Å². The third-order valence-electron chi connectivity index (χ3n) is 3.56. The lowest BCUT2D eigenvalue weighted by Gasteiger charge is -2.22. The van der Waals surface area contributed by atoms with Crippen molar-refractivity contribution in [2.24, 2.45) is 5.41 Å². The van der Waals surface area contributed by atoms with Gasteiger partial charge in [0, 0.05) is 0 Å². The van der Waals surface area contributed by atoms with E-state index in [9.17, 15) is 9.90 Å². The van der Waals surface area contributed by atoms with Crippen LogP contribution in [0, 0.1) is 5.41 Å². The number of hydrogen-bond acceptors (Lipinski definition) is 4. The van der Waals surface area contributed by atoms with E-state index in [4.69, 9.17) is 9.47 Å². The highest BCUT2D eigenvalue weighted by Crippen LogP contribution is 2.25. The van der Waals surface area contributed by atoms with Gasteiger partial charge in [0.2, 0.25) is 0 Å². The molecule has 0 aliphatic rings. The van der Waals surface area contributed by atoms with Gasteiger partial charge in [-0.25, -0.2) is 0 Å². The van der Waals surface area contributed by atoms with Crippen molar-refractivity contribution in [2.75, 3.05) is 13.2 Å². The highest BCUT2D eigenvalue weighted by molar-refractivity contribution is 5.78. The summed E-state index contributed by atoms with van der Waals surface area (Å²) in [4.78, 5) is 11.9. The fourth-order valence-electron chi connectivity index (χ4n) is 1.88. The maximum absolute atomic E-state index is 11.9. The Balaban J connectivity index is 2.45. The smallest absolute Gasteiger partial charge is 0.315 e. The Morgan fingerprint density at radius 3 is 2.59 bits per heavy atom. The van der Waals surface area contributed by atoms with E-state index in [-0.39, 0.29) is 12.6 Å². The highest BCUT2D eigenvalue weighted by atomic mass is 16.5. The number of benzene rings is 1. The van der Waals surface area contributed by atoms with Gasteiger partial charge in [0.15, 0.2) is 0 Å². The van der Waals surface area contributed by atoms with Crippen molar-refractivity contribution in [3.05, 3.63) is 48.0 Å². The molecule has 4 heteroatoms. The maximum Gasteiger partial charge on any atom is 0.315 e. The first-order valence-electron chi connectivity index (χ1n) is 7.68. The molecule has 22 heavy (non-hydrogen) atoms. The lowest BCUT2D eigenvalue weighted by atomic mass is 9.87. The largest absolute Gasteiger partial charge is 0.465 e. The SMILES string of the molecule is CCOC(=O)[C@@](C)(C=C[C@H](O)COCc1ccccc1)CC. The molecule has 0 aliphatic carbocycles. The lowest BCUT2D eigenvalue weighted by molar-refractivity contribution is -0.151. The minimum atomic E-state index is -0.746. The normalized spacial score (nSPS) is 15.5. The summed E-state index contributed by atoms with van der Waals surface area (Å²) in [6, 6.07) is 9.78. The summed E-state index contributed by atoms with van der Waals surface area (Å²) >= 11 is 0. The van der Waals surface area contributed by atoms with Gasteiger partial charge in [0.05, 0.1) is 31.3 Å². The van der Waals surface area contributed by atoms with Gasteiger partial charge in [0.1, 0.15) is 0 Å². The number of rotatable bonds is 9. The minimum absolute atomic E-state index is 0.189. The van der Waals surface area contributed by atoms with Crippen molar-refractivity contribution < 1.29 is 19.4 Å². The Hall–Kier alpha value is -1.65. The first-order chi connectivity index (χ1) is 10.5. The average molecular weight is 306 g/mol. The number of carbonyl (C=O) groups is 1. The number of carbonyl (C=O) groups excluding carboxylic acids is 1. The molecule has 4 nitrogen and oxygen atoms in total. The van der Waals surface area contributed by atoms with Crippen LogP contribution in [0.25, 0.3) is 0 Å². The molecule has 0 spiro atoms. The Kier molecular flexibility index (Phi) is 7.85. The first kappa shape index (κ1) is 18.4. The van der Waals surface area contributed by atoms with Crippen LogP contribution < -0.4 is 0 Å². The van der Waals surface area contributed by atoms with Crippen molar-refractivity contribution in [2.45, 2.75) is 39.9 Å². The van der Waals surface area contributed by atoms with Gasteiger partial charge in [-0.15, -0.1) is 0 Å². The molecule has 0 saturated heterocycles. The molecule has 0 fully saturated rings. The molecule has 0 aliphatic heterocycles. The molecule has 0 amide bonds. The Morgan fingerprint density at radius 2 is 2.00 bits per heavy atom. The predicted octanol–water partition coefficient (Wildman–Crippen LogP) is 3.10. The van der Waals surface area contributed by atoms with Crippen LogP contribution in [0.1, 0.15) is 32.8 Å². The zero-order chi connectivity index (χ0) is 16.4. The molecule has 0 bridgehead atoms. The van der Waals surface area contributed by atoms with E-state index in [1.165, 1.54) is 0 Å². The first-order valence-corrected chi connectivity index (χ1v) is 7.68. The van der Waals surface area contributed by atoms with Crippen molar-refractivity contribution in [3.63, 3.8) is 0 Å². The fourth-order valence-corrected chi connectivity index (χ4v) is 1.88. The molecular weight excluding hydrogens is 280 g/mol. The summed E-state index contributed by atoms with van der Waals surface area (Å²) in [6.45, 7) is 6.50. The highest BCUT2D eigenvalue weighted by Gasteiger charge is 2.29. The molecule has 1 aromatic rings. The number of esters is 1. The molecule has 0 heterocycles. The van der Waals surface area contributed by atoms with Crippen LogP contribution in [0.2, 0.25) is 0 Å². The van der Waals surface area contributed by atoms with E-state index >= 15 is 0 Å². The van der Waals surface area contributed by atoms with Gasteiger partial charge in [-0.05, 0) is 25.8 Å². The van der Waals surface area contributed by atoms with Crippen LogP contribution in [-0.4, -0.2) is 30.4 Å². The summed E-state index contributed by atoms with van der Waals surface area (Å²) in [5.41, 5.74) is 0.347. The van der Waals surface area contributed by atoms with E-state index in [0.29, 0.717) is 19.6 Å². The summed E-state index contributed by atoms with van der Waals surface area (Å²) in [5.74, 6) is -0.272.